The van der Waals surface area contributed by atoms with Crippen LogP contribution in [0.5, 0.6) is 0 Å². The van der Waals surface area contributed by atoms with Gasteiger partial charge in [0.1, 0.15) is 5.82 Å². The van der Waals surface area contributed by atoms with Gasteiger partial charge in [-0.25, -0.2) is 4.98 Å². The maximum absolute atomic E-state index is 12.4. The fraction of sp³-hybridized carbons (Fsp3) is 0.471. The summed E-state index contributed by atoms with van der Waals surface area (Å²) in [5, 5.41) is 10.6. The Morgan fingerprint density at radius 1 is 1.44 bits per heavy atom. The molecule has 2 aromatic rings. The molecule has 1 atom stereocenters. The molecular weight excluding hydrogens is 340 g/mol. The van der Waals surface area contributed by atoms with Crippen molar-refractivity contribution in [2.24, 2.45) is 0 Å². The zero-order valence-electron chi connectivity index (χ0n) is 14.6. The molecule has 3 rings (SSSR count). The first kappa shape index (κ1) is 19.4. The van der Waals surface area contributed by atoms with Crippen molar-refractivity contribution in [3.05, 3.63) is 41.9 Å². The van der Waals surface area contributed by atoms with Crippen LogP contribution in [0.15, 0.2) is 30.6 Å². The van der Waals surface area contributed by atoms with Crippen LogP contribution in [0.3, 0.4) is 0 Å². The van der Waals surface area contributed by atoms with Gasteiger partial charge >= 0.3 is 0 Å². The monoisotopic (exact) mass is 364 g/mol. The molecule has 1 saturated heterocycles. The molecule has 1 fully saturated rings. The Morgan fingerprint density at radius 2 is 2.28 bits per heavy atom. The van der Waals surface area contributed by atoms with Gasteiger partial charge in [0.25, 0.3) is 5.91 Å². The molecule has 0 aromatic carbocycles. The van der Waals surface area contributed by atoms with Gasteiger partial charge in [0.15, 0.2) is 5.69 Å². The first-order valence-electron chi connectivity index (χ1n) is 8.29. The number of nitrogens with one attached hydrogen (secondary N) is 2. The lowest BCUT2D eigenvalue weighted by Gasteiger charge is -2.22. The molecular formula is C17H25ClN6O. The third-order valence-electron chi connectivity index (χ3n) is 4.05. The third-order valence-corrected chi connectivity index (χ3v) is 4.05. The van der Waals surface area contributed by atoms with Gasteiger partial charge < -0.3 is 15.5 Å². The van der Waals surface area contributed by atoms with Gasteiger partial charge in [-0.3, -0.25) is 9.48 Å². The highest BCUT2D eigenvalue weighted by molar-refractivity contribution is 6.02. The number of nitrogens with zero attached hydrogens (tertiary/aromatic N) is 4. The van der Waals surface area contributed by atoms with Gasteiger partial charge in [0.2, 0.25) is 0 Å². The Hall–Kier alpha value is -1.96. The van der Waals surface area contributed by atoms with Crippen LogP contribution in [-0.2, 0) is 6.54 Å². The van der Waals surface area contributed by atoms with Crippen LogP contribution in [-0.4, -0.2) is 52.8 Å². The van der Waals surface area contributed by atoms with E-state index in [4.69, 9.17) is 0 Å². The quantitative estimate of drug-likeness (QED) is 0.848. The predicted octanol–water partition coefficient (Wildman–Crippen LogP) is 1.94. The number of halogens is 1. The first-order chi connectivity index (χ1) is 11.6. The van der Waals surface area contributed by atoms with Crippen LogP contribution >= 0.6 is 12.4 Å². The van der Waals surface area contributed by atoms with E-state index in [2.05, 4.69) is 25.6 Å². The summed E-state index contributed by atoms with van der Waals surface area (Å²) in [5.41, 5.74) is 1.52. The van der Waals surface area contributed by atoms with E-state index in [9.17, 15) is 4.79 Å². The summed E-state index contributed by atoms with van der Waals surface area (Å²) in [4.78, 5) is 18.7. The van der Waals surface area contributed by atoms with Crippen LogP contribution in [0.2, 0.25) is 0 Å². The Labute approximate surface area is 154 Å². The molecule has 0 radical (unpaired) electrons. The number of aromatic nitrogens is 3. The lowest BCUT2D eigenvalue weighted by Crippen LogP contribution is -2.32. The molecule has 2 N–H and O–H groups in total. The molecule has 1 unspecified atom stereocenters. The second-order valence-electron chi connectivity index (χ2n) is 6.42. The van der Waals surface area contributed by atoms with Gasteiger partial charge in [0, 0.05) is 25.5 Å². The number of anilines is 1. The van der Waals surface area contributed by atoms with E-state index < -0.39 is 0 Å². The summed E-state index contributed by atoms with van der Waals surface area (Å²) in [5.74, 6) is 0.320. The van der Waals surface area contributed by atoms with E-state index in [-0.39, 0.29) is 18.3 Å². The molecule has 3 heterocycles. The lowest BCUT2D eigenvalue weighted by molar-refractivity contribution is 0.102. The molecule has 0 aliphatic carbocycles. The number of carbonyl (C=O) groups is 1. The molecule has 0 bridgehead atoms. The average molecular weight is 365 g/mol. The van der Waals surface area contributed by atoms with E-state index in [1.165, 1.54) is 0 Å². The second kappa shape index (κ2) is 8.94. The third kappa shape index (κ3) is 5.26. The van der Waals surface area contributed by atoms with Crippen molar-refractivity contribution in [1.29, 1.82) is 0 Å². The number of carbonyl (C=O) groups excluding carboxylic acids is 1. The molecule has 1 amide bonds. The van der Waals surface area contributed by atoms with E-state index >= 15 is 0 Å². The maximum Gasteiger partial charge on any atom is 0.277 e. The van der Waals surface area contributed by atoms with Crippen molar-refractivity contribution in [1.82, 2.24) is 25.0 Å². The topological polar surface area (TPSA) is 75.1 Å². The number of hydrogen-bond donors (Lipinski definition) is 2. The van der Waals surface area contributed by atoms with Crippen LogP contribution in [0.25, 0.3) is 0 Å². The lowest BCUT2D eigenvalue weighted by atomic mass is 10.1. The molecule has 1 aliphatic heterocycles. The summed E-state index contributed by atoms with van der Waals surface area (Å²) in [6.07, 6.45) is 5.81. The van der Waals surface area contributed by atoms with Crippen molar-refractivity contribution < 1.29 is 4.79 Å². The number of amides is 1. The van der Waals surface area contributed by atoms with Crippen LogP contribution in [0.1, 0.15) is 34.9 Å². The van der Waals surface area contributed by atoms with Crippen LogP contribution in [0.4, 0.5) is 5.82 Å². The summed E-state index contributed by atoms with van der Waals surface area (Å²) >= 11 is 0. The van der Waals surface area contributed by atoms with Gasteiger partial charge in [0.05, 0.1) is 6.04 Å². The predicted molar refractivity (Wildman–Crippen MR) is 100 cm³/mol. The van der Waals surface area contributed by atoms with Crippen molar-refractivity contribution in [2.75, 3.05) is 32.5 Å². The van der Waals surface area contributed by atoms with Crippen LogP contribution in [0, 0.1) is 0 Å². The SMILES string of the molecule is CN(C)Cc1ccnc(NC(=O)c2ccn(C3CCCNC3)n2)c1.Cl. The molecule has 7 nitrogen and oxygen atoms in total. The minimum atomic E-state index is -0.230. The number of piperidine rings is 1. The minimum absolute atomic E-state index is 0. The summed E-state index contributed by atoms with van der Waals surface area (Å²) in [6, 6.07) is 5.91. The van der Waals surface area contributed by atoms with Crippen molar-refractivity contribution in [2.45, 2.75) is 25.4 Å². The average Bonchev–Trinajstić information content (AvgIpc) is 3.05. The summed E-state index contributed by atoms with van der Waals surface area (Å²) in [7, 11) is 4.01. The van der Waals surface area contributed by atoms with E-state index in [0.29, 0.717) is 17.6 Å². The molecule has 0 spiro atoms. The summed E-state index contributed by atoms with van der Waals surface area (Å²) in [6.45, 7) is 2.76. The normalized spacial score (nSPS) is 17.2. The van der Waals surface area contributed by atoms with E-state index in [1.807, 2.05) is 37.1 Å². The Kier molecular flexibility index (Phi) is 6.92. The zero-order valence-corrected chi connectivity index (χ0v) is 15.4. The van der Waals surface area contributed by atoms with Gasteiger partial charge in [-0.15, -0.1) is 12.4 Å². The van der Waals surface area contributed by atoms with E-state index in [1.54, 1.807) is 12.3 Å². The Bertz CT molecular complexity index is 696. The van der Waals surface area contributed by atoms with Gasteiger partial charge in [-0.1, -0.05) is 0 Å². The van der Waals surface area contributed by atoms with Crippen LogP contribution < -0.4 is 10.6 Å². The second-order valence-corrected chi connectivity index (χ2v) is 6.42. The fourth-order valence-electron chi connectivity index (χ4n) is 2.91. The molecule has 1 aliphatic rings. The summed E-state index contributed by atoms with van der Waals surface area (Å²) < 4.78 is 1.89. The number of hydrogen-bond acceptors (Lipinski definition) is 5. The standard InChI is InChI=1S/C17H24N6O.ClH/c1-22(2)12-13-5-8-19-16(10-13)20-17(24)15-6-9-23(21-15)14-4-3-7-18-11-14;/h5-6,8-10,14,18H,3-4,7,11-12H2,1-2H3,(H,19,20,24);1H. The fourth-order valence-corrected chi connectivity index (χ4v) is 2.91. The highest BCUT2D eigenvalue weighted by atomic mass is 35.5. The molecule has 2 aromatic heterocycles. The maximum atomic E-state index is 12.4. The Balaban J connectivity index is 0.00000225. The molecule has 136 valence electrons. The number of pyridine rings is 1. The van der Waals surface area contributed by atoms with E-state index in [0.717, 1.165) is 38.0 Å². The Morgan fingerprint density at radius 3 is 3.00 bits per heavy atom. The molecule has 8 heteroatoms. The first-order valence-corrected chi connectivity index (χ1v) is 8.29. The smallest absolute Gasteiger partial charge is 0.277 e. The van der Waals surface area contributed by atoms with Gasteiger partial charge in [-0.2, -0.15) is 5.10 Å². The van der Waals surface area contributed by atoms with Crippen molar-refractivity contribution in [3.63, 3.8) is 0 Å². The highest BCUT2D eigenvalue weighted by Crippen LogP contribution is 2.16. The molecule has 0 saturated carbocycles. The largest absolute Gasteiger partial charge is 0.315 e. The van der Waals surface area contributed by atoms with Crippen molar-refractivity contribution >= 4 is 24.1 Å². The zero-order chi connectivity index (χ0) is 16.9. The number of rotatable bonds is 5. The highest BCUT2D eigenvalue weighted by Gasteiger charge is 2.18. The minimum Gasteiger partial charge on any atom is -0.315 e. The molecule has 25 heavy (non-hydrogen) atoms. The van der Waals surface area contributed by atoms with Crippen molar-refractivity contribution in [3.8, 4) is 0 Å². The van der Waals surface area contributed by atoms with Gasteiger partial charge in [-0.05, 0) is 57.2 Å².